The summed E-state index contributed by atoms with van der Waals surface area (Å²) in [6.07, 6.45) is 4.05. The van der Waals surface area contributed by atoms with Crippen LogP contribution in [-0.4, -0.2) is 43.0 Å². The van der Waals surface area contributed by atoms with E-state index in [1.807, 2.05) is 39.0 Å². The molecule has 0 unspecified atom stereocenters. The number of aryl methyl sites for hydroxylation is 3. The molecule has 0 bridgehead atoms. The lowest BCUT2D eigenvalue weighted by Gasteiger charge is -2.16. The summed E-state index contributed by atoms with van der Waals surface area (Å²) in [4.78, 5) is 40.1. The number of aromatic amines is 1. The SMILES string of the molecule is Cc1ccc2c(C)nc(Nc3nc(-c4cnc(N5CCCC5)nc4C)cc(=O)[nH]3)nc2c1. The number of fused-ring (bicyclic) bond motifs is 1. The van der Waals surface area contributed by atoms with E-state index in [4.69, 9.17) is 0 Å². The van der Waals surface area contributed by atoms with E-state index in [-0.39, 0.29) is 11.5 Å². The van der Waals surface area contributed by atoms with E-state index >= 15 is 0 Å². The number of rotatable bonds is 4. The lowest BCUT2D eigenvalue weighted by atomic mass is 10.1. The Balaban J connectivity index is 1.48. The summed E-state index contributed by atoms with van der Waals surface area (Å²) < 4.78 is 0. The van der Waals surface area contributed by atoms with Crippen molar-refractivity contribution < 1.29 is 0 Å². The smallest absolute Gasteiger partial charge is 0.252 e. The zero-order chi connectivity index (χ0) is 22.2. The van der Waals surface area contributed by atoms with Gasteiger partial charge in [-0.3, -0.25) is 15.1 Å². The fourth-order valence-electron chi connectivity index (χ4n) is 3.99. The summed E-state index contributed by atoms with van der Waals surface area (Å²) in [5, 5.41) is 4.03. The third-order valence-electron chi connectivity index (χ3n) is 5.65. The molecule has 9 heteroatoms. The van der Waals surface area contributed by atoms with Gasteiger partial charge in [0.25, 0.3) is 5.56 Å². The molecular weight excluding hydrogens is 404 g/mol. The molecule has 0 saturated carbocycles. The Hall–Kier alpha value is -3.88. The predicted octanol–water partition coefficient (Wildman–Crippen LogP) is 3.44. The molecule has 1 aliphatic rings. The Morgan fingerprint density at radius 2 is 1.78 bits per heavy atom. The van der Waals surface area contributed by atoms with Crippen LogP contribution in [0.5, 0.6) is 0 Å². The van der Waals surface area contributed by atoms with Gasteiger partial charge in [0.1, 0.15) is 0 Å². The third kappa shape index (κ3) is 3.89. The van der Waals surface area contributed by atoms with Gasteiger partial charge in [-0.25, -0.2) is 24.9 Å². The van der Waals surface area contributed by atoms with Crippen molar-refractivity contribution in [2.75, 3.05) is 23.3 Å². The molecule has 0 radical (unpaired) electrons. The lowest BCUT2D eigenvalue weighted by Crippen LogP contribution is -2.21. The molecule has 0 aliphatic carbocycles. The van der Waals surface area contributed by atoms with Crippen LogP contribution in [0.15, 0.2) is 35.3 Å². The average Bonchev–Trinajstić information content (AvgIpc) is 3.28. The van der Waals surface area contributed by atoms with Gasteiger partial charge in [-0.1, -0.05) is 12.1 Å². The highest BCUT2D eigenvalue weighted by molar-refractivity contribution is 5.82. The second-order valence-electron chi connectivity index (χ2n) is 8.12. The summed E-state index contributed by atoms with van der Waals surface area (Å²) in [5.74, 6) is 1.36. The van der Waals surface area contributed by atoms with E-state index in [0.717, 1.165) is 59.7 Å². The van der Waals surface area contributed by atoms with Crippen LogP contribution in [0, 0.1) is 20.8 Å². The van der Waals surface area contributed by atoms with E-state index in [9.17, 15) is 4.79 Å². The lowest BCUT2D eigenvalue weighted by molar-refractivity contribution is 0.889. The zero-order valence-electron chi connectivity index (χ0n) is 18.3. The molecule has 4 aromatic rings. The minimum atomic E-state index is -0.283. The van der Waals surface area contributed by atoms with Crippen LogP contribution < -0.4 is 15.8 Å². The van der Waals surface area contributed by atoms with Gasteiger partial charge >= 0.3 is 0 Å². The molecule has 1 aliphatic heterocycles. The minimum Gasteiger partial charge on any atom is -0.341 e. The first-order valence-corrected chi connectivity index (χ1v) is 10.7. The molecule has 0 amide bonds. The zero-order valence-corrected chi connectivity index (χ0v) is 18.3. The maximum Gasteiger partial charge on any atom is 0.252 e. The highest BCUT2D eigenvalue weighted by Crippen LogP contribution is 2.24. The molecule has 162 valence electrons. The maximum absolute atomic E-state index is 12.4. The van der Waals surface area contributed by atoms with Gasteiger partial charge in [0, 0.05) is 36.3 Å². The Morgan fingerprint density at radius 3 is 2.56 bits per heavy atom. The summed E-state index contributed by atoms with van der Waals surface area (Å²) >= 11 is 0. The van der Waals surface area contributed by atoms with Crippen LogP contribution in [0.3, 0.4) is 0 Å². The fourth-order valence-corrected chi connectivity index (χ4v) is 3.99. The van der Waals surface area contributed by atoms with Gasteiger partial charge in [-0.05, 0) is 45.2 Å². The van der Waals surface area contributed by atoms with Crippen molar-refractivity contribution in [2.24, 2.45) is 0 Å². The van der Waals surface area contributed by atoms with Crippen LogP contribution in [0.2, 0.25) is 0 Å². The Bertz CT molecular complexity index is 1370. The second-order valence-corrected chi connectivity index (χ2v) is 8.12. The molecular formula is C23H24N8O. The first-order chi connectivity index (χ1) is 15.5. The van der Waals surface area contributed by atoms with Crippen molar-refractivity contribution in [1.29, 1.82) is 0 Å². The van der Waals surface area contributed by atoms with Crippen molar-refractivity contribution in [1.82, 2.24) is 29.9 Å². The van der Waals surface area contributed by atoms with Crippen molar-refractivity contribution in [3.63, 3.8) is 0 Å². The quantitative estimate of drug-likeness (QED) is 0.508. The van der Waals surface area contributed by atoms with Crippen molar-refractivity contribution in [3.8, 4) is 11.3 Å². The first-order valence-electron chi connectivity index (χ1n) is 10.7. The topological polar surface area (TPSA) is 113 Å². The van der Waals surface area contributed by atoms with Gasteiger partial charge in [0.15, 0.2) is 0 Å². The molecule has 3 aromatic heterocycles. The van der Waals surface area contributed by atoms with E-state index in [2.05, 4.69) is 40.1 Å². The van der Waals surface area contributed by atoms with Crippen molar-refractivity contribution in [2.45, 2.75) is 33.6 Å². The van der Waals surface area contributed by atoms with Gasteiger partial charge in [0.05, 0.1) is 22.6 Å². The first kappa shape index (κ1) is 20.0. The molecule has 5 rings (SSSR count). The minimum absolute atomic E-state index is 0.266. The highest BCUT2D eigenvalue weighted by atomic mass is 16.1. The molecule has 1 aromatic carbocycles. The summed E-state index contributed by atoms with van der Waals surface area (Å²) in [6, 6.07) is 7.50. The molecule has 4 heterocycles. The number of nitrogens with one attached hydrogen (secondary N) is 2. The van der Waals surface area contributed by atoms with Gasteiger partial charge in [-0.15, -0.1) is 0 Å². The highest BCUT2D eigenvalue weighted by Gasteiger charge is 2.17. The van der Waals surface area contributed by atoms with E-state index in [0.29, 0.717) is 17.2 Å². The largest absolute Gasteiger partial charge is 0.341 e. The number of H-pyrrole nitrogens is 1. The number of nitrogens with zero attached hydrogens (tertiary/aromatic N) is 6. The molecule has 32 heavy (non-hydrogen) atoms. The summed E-state index contributed by atoms with van der Waals surface area (Å²) in [7, 11) is 0. The normalized spacial score (nSPS) is 13.7. The average molecular weight is 429 g/mol. The standard InChI is InChI=1S/C23H24N8O/c1-13-6-7-16-14(2)25-21(27-18(16)10-13)30-22-28-19(11-20(32)29-22)17-12-24-23(26-15(17)3)31-8-4-5-9-31/h6-7,10-12H,4-5,8-9H2,1-3H3,(H2,25,27,28,29,30,32). The Labute approximate surface area is 185 Å². The van der Waals surface area contributed by atoms with Crippen LogP contribution >= 0.6 is 0 Å². The number of hydrogen-bond acceptors (Lipinski definition) is 8. The Kier molecular flexibility index (Phi) is 5.01. The molecule has 0 spiro atoms. The van der Waals surface area contributed by atoms with Crippen molar-refractivity contribution in [3.05, 3.63) is 57.8 Å². The number of aromatic nitrogens is 6. The molecule has 1 saturated heterocycles. The maximum atomic E-state index is 12.4. The summed E-state index contributed by atoms with van der Waals surface area (Å²) in [5.41, 5.74) is 4.50. The molecule has 0 atom stereocenters. The molecule has 1 fully saturated rings. The molecule has 9 nitrogen and oxygen atoms in total. The van der Waals surface area contributed by atoms with Crippen LogP contribution in [0.25, 0.3) is 22.2 Å². The van der Waals surface area contributed by atoms with Gasteiger partial charge in [-0.2, -0.15) is 0 Å². The summed E-state index contributed by atoms with van der Waals surface area (Å²) in [6.45, 7) is 7.80. The Morgan fingerprint density at radius 1 is 0.969 bits per heavy atom. The number of hydrogen-bond donors (Lipinski definition) is 2. The van der Waals surface area contributed by atoms with Crippen LogP contribution in [-0.2, 0) is 0 Å². The number of benzene rings is 1. The van der Waals surface area contributed by atoms with Crippen LogP contribution in [0.1, 0.15) is 29.8 Å². The van der Waals surface area contributed by atoms with E-state index in [1.165, 1.54) is 6.07 Å². The van der Waals surface area contributed by atoms with Crippen molar-refractivity contribution >= 4 is 28.7 Å². The molecule has 2 N–H and O–H groups in total. The third-order valence-corrected chi connectivity index (χ3v) is 5.65. The predicted molar refractivity (Wildman–Crippen MR) is 124 cm³/mol. The second kappa shape index (κ2) is 7.99. The monoisotopic (exact) mass is 428 g/mol. The number of anilines is 3. The van der Waals surface area contributed by atoms with E-state index < -0.39 is 0 Å². The fraction of sp³-hybridized carbons (Fsp3) is 0.304. The van der Waals surface area contributed by atoms with Gasteiger partial charge in [0.2, 0.25) is 17.8 Å². The van der Waals surface area contributed by atoms with E-state index in [1.54, 1.807) is 6.20 Å². The van der Waals surface area contributed by atoms with Gasteiger partial charge < -0.3 is 4.90 Å². The van der Waals surface area contributed by atoms with Crippen LogP contribution in [0.4, 0.5) is 17.8 Å².